The monoisotopic (exact) mass is 628 g/mol. The quantitative estimate of drug-likeness (QED) is 0.0921. The maximum Gasteiger partial charge on any atom is 0.231 e. The van der Waals surface area contributed by atoms with Gasteiger partial charge in [-0.25, -0.2) is 0 Å². The van der Waals surface area contributed by atoms with Gasteiger partial charge in [0, 0.05) is 39.3 Å². The third kappa shape index (κ3) is 13.1. The number of hydrogen-bond acceptors (Lipinski definition) is 14. The van der Waals surface area contributed by atoms with Gasteiger partial charge in [-0.2, -0.15) is 29.9 Å². The molecule has 0 atom stereocenters. The minimum Gasteiger partial charge on any atom is -0.354 e. The van der Waals surface area contributed by atoms with Crippen molar-refractivity contribution in [2.45, 2.75) is 103 Å². The lowest BCUT2D eigenvalue weighted by molar-refractivity contribution is 0.655. The van der Waals surface area contributed by atoms with Crippen molar-refractivity contribution in [2.75, 3.05) is 59.7 Å². The van der Waals surface area contributed by atoms with Crippen molar-refractivity contribution in [1.29, 1.82) is 0 Å². The van der Waals surface area contributed by atoms with E-state index in [1.807, 2.05) is 0 Å². The van der Waals surface area contributed by atoms with Crippen LogP contribution in [-0.4, -0.2) is 69.2 Å². The summed E-state index contributed by atoms with van der Waals surface area (Å²) in [7, 11) is 6.29. The predicted octanol–water partition coefficient (Wildman–Crippen LogP) is 7.83. The molecule has 0 radical (unpaired) electrons. The topological polar surface area (TPSA) is 108 Å². The lowest BCUT2D eigenvalue weighted by atomic mass is 10.3. The number of nitrogens with zero attached hydrogens (tertiary/aromatic N) is 8. The normalized spacial score (nSPS) is 11.1. The zero-order chi connectivity index (χ0) is 29.0. The molecule has 0 fully saturated rings. The number of rotatable bonds is 23. The van der Waals surface area contributed by atoms with Gasteiger partial charge in [-0.1, -0.05) is 53.4 Å². The van der Waals surface area contributed by atoms with Crippen LogP contribution in [0.4, 0.5) is 23.8 Å². The van der Waals surface area contributed by atoms with Crippen molar-refractivity contribution < 1.29 is 0 Å². The zero-order valence-electron chi connectivity index (χ0n) is 25.1. The molecular weight excluding hydrogens is 581 g/mol. The van der Waals surface area contributed by atoms with E-state index in [4.69, 9.17) is 19.9 Å². The highest BCUT2D eigenvalue weighted by atomic mass is 33.7. The summed E-state index contributed by atoms with van der Waals surface area (Å²) in [5.74, 6) is 2.77. The van der Waals surface area contributed by atoms with Crippen molar-refractivity contribution in [3.63, 3.8) is 0 Å². The Balaban J connectivity index is 2.12. The third-order valence-electron chi connectivity index (χ3n) is 5.81. The van der Waals surface area contributed by atoms with E-state index in [9.17, 15) is 0 Å². The molecule has 0 saturated heterocycles. The van der Waals surface area contributed by atoms with E-state index >= 15 is 0 Å². The molecule has 2 rings (SSSR count). The SMILES string of the molecule is CCCCN(CCCC)c1nc(NCC)nc(SSSSc2nc(NCC)nc(N(CCCC)CCCC)n2)n1. The molecule has 2 aromatic heterocycles. The van der Waals surface area contributed by atoms with Gasteiger partial charge in [0.1, 0.15) is 0 Å². The van der Waals surface area contributed by atoms with Gasteiger partial charge in [0.2, 0.25) is 34.1 Å². The lowest BCUT2D eigenvalue weighted by Crippen LogP contribution is -2.28. The van der Waals surface area contributed by atoms with Crippen LogP contribution in [-0.2, 0) is 0 Å². The van der Waals surface area contributed by atoms with Crippen molar-refractivity contribution in [3.8, 4) is 0 Å². The molecule has 226 valence electrons. The first-order valence-electron chi connectivity index (χ1n) is 14.8. The van der Waals surface area contributed by atoms with Crippen LogP contribution in [0.3, 0.4) is 0 Å². The molecule has 2 aromatic rings. The van der Waals surface area contributed by atoms with Gasteiger partial charge >= 0.3 is 0 Å². The van der Waals surface area contributed by atoms with Crippen LogP contribution in [0.25, 0.3) is 0 Å². The van der Waals surface area contributed by atoms with E-state index in [1.54, 1.807) is 19.7 Å². The Labute approximate surface area is 256 Å². The van der Waals surface area contributed by atoms with E-state index in [0.29, 0.717) is 22.2 Å². The molecule has 0 unspecified atom stereocenters. The van der Waals surface area contributed by atoms with Crippen molar-refractivity contribution in [2.24, 2.45) is 0 Å². The van der Waals surface area contributed by atoms with Gasteiger partial charge in [0.25, 0.3) is 0 Å². The summed E-state index contributed by atoms with van der Waals surface area (Å²) in [6.45, 7) is 18.3. The number of anilines is 4. The largest absolute Gasteiger partial charge is 0.354 e. The Hall–Kier alpha value is -1.38. The fraction of sp³-hybridized carbons (Fsp3) is 0.769. The fourth-order valence-electron chi connectivity index (χ4n) is 3.63. The zero-order valence-corrected chi connectivity index (χ0v) is 28.4. The molecule has 0 aromatic carbocycles. The smallest absolute Gasteiger partial charge is 0.231 e. The van der Waals surface area contributed by atoms with Gasteiger partial charge < -0.3 is 20.4 Å². The second kappa shape index (κ2) is 21.3. The Kier molecular flexibility index (Phi) is 18.6. The molecule has 0 aliphatic rings. The highest BCUT2D eigenvalue weighted by Crippen LogP contribution is 2.48. The van der Waals surface area contributed by atoms with Gasteiger partial charge in [-0.05, 0) is 80.8 Å². The molecule has 0 bridgehead atoms. The second-order valence-corrected chi connectivity index (χ2v) is 14.8. The minimum atomic E-state index is 0.628. The van der Waals surface area contributed by atoms with E-state index in [1.165, 1.54) is 21.6 Å². The molecule has 0 saturated carbocycles. The van der Waals surface area contributed by atoms with Crippen LogP contribution >= 0.6 is 41.2 Å². The highest BCUT2D eigenvalue weighted by Gasteiger charge is 2.16. The molecule has 0 aliphatic heterocycles. The summed E-state index contributed by atoms with van der Waals surface area (Å²) < 4.78 is 0. The molecule has 2 N–H and O–H groups in total. The van der Waals surface area contributed by atoms with E-state index < -0.39 is 0 Å². The molecule has 0 aliphatic carbocycles. The van der Waals surface area contributed by atoms with Crippen LogP contribution in [0, 0.1) is 0 Å². The number of hydrogen-bond donors (Lipinski definition) is 2. The van der Waals surface area contributed by atoms with Gasteiger partial charge in [-0.15, -0.1) is 0 Å². The summed E-state index contributed by atoms with van der Waals surface area (Å²) in [5.41, 5.74) is 0. The average molecular weight is 629 g/mol. The highest BCUT2D eigenvalue weighted by molar-refractivity contribution is 9.26. The number of unbranched alkanes of at least 4 members (excludes halogenated alkanes) is 4. The van der Waals surface area contributed by atoms with Gasteiger partial charge in [0.05, 0.1) is 0 Å². The first kappa shape index (κ1) is 34.8. The second-order valence-electron chi connectivity index (χ2n) is 9.23. The van der Waals surface area contributed by atoms with Crippen molar-refractivity contribution >= 4 is 65.0 Å². The summed E-state index contributed by atoms with van der Waals surface area (Å²) in [6, 6.07) is 0. The van der Waals surface area contributed by atoms with E-state index in [0.717, 1.165) is 103 Å². The van der Waals surface area contributed by atoms with E-state index in [2.05, 4.69) is 71.9 Å². The van der Waals surface area contributed by atoms with E-state index in [-0.39, 0.29) is 0 Å². The van der Waals surface area contributed by atoms with Crippen LogP contribution in [0.15, 0.2) is 10.3 Å². The first-order chi connectivity index (χ1) is 19.6. The maximum atomic E-state index is 4.82. The standard InChI is InChI=1S/C26H48N10S4/c1-7-13-17-35(18-14-8-2)23-29-21(27-11-5)31-25(33-23)37-39-40-38-26-32-22(28-12-6)30-24(34-26)36(19-15-9-3)20-16-10-4/h7-20H2,1-6H3,(H,27,29,31,33)(H,28,30,32,34). The summed E-state index contributed by atoms with van der Waals surface area (Å²) in [6.07, 6.45) is 9.04. The Morgan fingerprint density at radius 3 is 1.15 bits per heavy atom. The van der Waals surface area contributed by atoms with Crippen LogP contribution in [0.2, 0.25) is 0 Å². The Morgan fingerprint density at radius 2 is 0.850 bits per heavy atom. The summed E-state index contributed by atoms with van der Waals surface area (Å²) in [5, 5.41) is 7.95. The predicted molar refractivity (Wildman–Crippen MR) is 179 cm³/mol. The third-order valence-corrected chi connectivity index (χ3v) is 11.4. The van der Waals surface area contributed by atoms with Crippen LogP contribution in [0.5, 0.6) is 0 Å². The molecule has 14 heteroatoms. The van der Waals surface area contributed by atoms with Crippen molar-refractivity contribution in [1.82, 2.24) is 29.9 Å². The average Bonchev–Trinajstić information content (AvgIpc) is 2.95. The van der Waals surface area contributed by atoms with Crippen LogP contribution < -0.4 is 20.4 Å². The molecule has 0 amide bonds. The van der Waals surface area contributed by atoms with Crippen LogP contribution in [0.1, 0.15) is 92.9 Å². The number of nitrogens with one attached hydrogen (secondary N) is 2. The lowest BCUT2D eigenvalue weighted by Gasteiger charge is -2.23. The molecular formula is C26H48N10S4. The summed E-state index contributed by atoms with van der Waals surface area (Å²) >= 11 is 0. The molecule has 2 heterocycles. The van der Waals surface area contributed by atoms with Gasteiger partial charge in [-0.3, -0.25) is 0 Å². The molecule has 0 spiro atoms. The fourth-order valence-corrected chi connectivity index (χ4v) is 8.37. The Bertz CT molecular complexity index is 864. The Morgan fingerprint density at radius 1 is 0.500 bits per heavy atom. The van der Waals surface area contributed by atoms with Crippen molar-refractivity contribution in [3.05, 3.63) is 0 Å². The minimum absolute atomic E-state index is 0.628. The summed E-state index contributed by atoms with van der Waals surface area (Å²) in [4.78, 5) is 33.0. The molecule has 10 nitrogen and oxygen atoms in total. The molecule has 40 heavy (non-hydrogen) atoms. The maximum absolute atomic E-state index is 4.82. The first-order valence-corrected chi connectivity index (χ1v) is 19.6. The van der Waals surface area contributed by atoms with Gasteiger partial charge in [0.15, 0.2) is 0 Å². The number of aromatic nitrogens is 6.